The summed E-state index contributed by atoms with van der Waals surface area (Å²) in [7, 11) is 2.19. The normalized spacial score (nSPS) is 16.7. The number of aliphatic hydroxyl groups is 1. The Labute approximate surface area is 319 Å². The number of hydrogen-bond donors (Lipinski definition) is 1. The van der Waals surface area contributed by atoms with Crippen LogP contribution < -0.4 is 4.57 Å². The Morgan fingerprint density at radius 1 is 0.889 bits per heavy atom. The van der Waals surface area contributed by atoms with Gasteiger partial charge in [-0.15, -0.1) is 0 Å². The quantitative estimate of drug-likeness (QED) is 0.147. The first-order chi connectivity index (χ1) is 26.0. The Morgan fingerprint density at radius 2 is 1.65 bits per heavy atom. The fraction of sp³-hybridized carbons (Fsp3) is 0.413. The minimum atomic E-state index is -1.09. The molecular weight excluding hydrogens is 667 g/mol. The van der Waals surface area contributed by atoms with Crippen molar-refractivity contribution >= 4 is 21.8 Å². The third-order valence-corrected chi connectivity index (χ3v) is 12.2. The highest BCUT2D eigenvalue weighted by molar-refractivity contribution is 5.87. The van der Waals surface area contributed by atoms with Crippen LogP contribution in [0.2, 0.25) is 0 Å². The zero-order valence-corrected chi connectivity index (χ0v) is 32.8. The van der Waals surface area contributed by atoms with Gasteiger partial charge >= 0.3 is 0 Å². The van der Waals surface area contributed by atoms with E-state index in [1.165, 1.54) is 61.0 Å². The molecule has 8 nitrogen and oxygen atoms in total. The van der Waals surface area contributed by atoms with Gasteiger partial charge in [0, 0.05) is 103 Å². The van der Waals surface area contributed by atoms with Crippen molar-refractivity contribution in [2.24, 2.45) is 0 Å². The first-order valence-electron chi connectivity index (χ1n) is 19.7. The van der Waals surface area contributed by atoms with Gasteiger partial charge in [0.05, 0.1) is 12.6 Å². The van der Waals surface area contributed by atoms with E-state index in [4.69, 9.17) is 0 Å². The topological polar surface area (TPSA) is 77.1 Å². The molecule has 2 aliphatic heterocycles. The molecule has 278 valence electrons. The maximum atomic E-state index is 12.2. The van der Waals surface area contributed by atoms with Crippen molar-refractivity contribution in [2.75, 3.05) is 20.1 Å². The van der Waals surface area contributed by atoms with Gasteiger partial charge < -0.3 is 19.1 Å². The second kappa shape index (κ2) is 14.4. The van der Waals surface area contributed by atoms with Gasteiger partial charge in [-0.1, -0.05) is 43.7 Å². The van der Waals surface area contributed by atoms with Gasteiger partial charge in [-0.25, -0.2) is 4.90 Å². The Kier molecular flexibility index (Phi) is 9.68. The third-order valence-electron chi connectivity index (χ3n) is 12.2. The lowest BCUT2D eigenvalue weighted by molar-refractivity contribution is -0.744. The molecule has 4 aromatic heterocycles. The Hall–Kier alpha value is -4.81. The van der Waals surface area contributed by atoms with Gasteiger partial charge in [-0.2, -0.15) is 9.83 Å². The van der Waals surface area contributed by atoms with E-state index in [0.717, 1.165) is 63.2 Å². The Balaban J connectivity index is 1.06. The third kappa shape index (κ3) is 6.74. The fourth-order valence-corrected chi connectivity index (χ4v) is 9.02. The van der Waals surface area contributed by atoms with Gasteiger partial charge in [0.1, 0.15) is 12.0 Å². The summed E-state index contributed by atoms with van der Waals surface area (Å²) in [4.78, 5) is 9.38. The molecule has 0 aliphatic carbocycles. The number of rotatable bonds is 10. The summed E-state index contributed by atoms with van der Waals surface area (Å²) < 4.78 is 7.09. The predicted octanol–water partition coefficient (Wildman–Crippen LogP) is 7.63. The number of benzene rings is 2. The summed E-state index contributed by atoms with van der Waals surface area (Å²) in [6.07, 6.45) is 9.23. The lowest BCUT2D eigenvalue weighted by Gasteiger charge is -2.31. The van der Waals surface area contributed by atoms with Crippen molar-refractivity contribution in [1.29, 1.82) is 5.26 Å². The first kappa shape index (κ1) is 36.2. The molecule has 1 N–H and O–H groups in total. The first-order valence-corrected chi connectivity index (χ1v) is 19.7. The summed E-state index contributed by atoms with van der Waals surface area (Å²) in [5.74, 6) is 0.431. The van der Waals surface area contributed by atoms with E-state index in [0.29, 0.717) is 18.9 Å². The number of aromatic nitrogens is 4. The van der Waals surface area contributed by atoms with Crippen molar-refractivity contribution in [2.45, 2.75) is 104 Å². The zero-order chi connectivity index (χ0) is 37.7. The number of nitrogens with zero attached hydrogens (tertiary/aromatic N) is 7. The molecule has 2 aromatic carbocycles. The molecule has 2 aliphatic rings. The van der Waals surface area contributed by atoms with Gasteiger partial charge in [0.25, 0.3) is 0 Å². The molecule has 2 atom stereocenters. The van der Waals surface area contributed by atoms with Crippen LogP contribution >= 0.6 is 0 Å². The molecule has 2 unspecified atom stereocenters. The second-order valence-electron chi connectivity index (χ2n) is 16.5. The van der Waals surface area contributed by atoms with Crippen LogP contribution in [-0.4, -0.2) is 49.2 Å². The van der Waals surface area contributed by atoms with E-state index in [9.17, 15) is 10.4 Å². The van der Waals surface area contributed by atoms with E-state index < -0.39 is 5.60 Å². The van der Waals surface area contributed by atoms with Gasteiger partial charge in [0.2, 0.25) is 6.17 Å². The number of hydrogen-bond acceptors (Lipinski definition) is 5. The van der Waals surface area contributed by atoms with E-state index >= 15 is 0 Å². The smallest absolute Gasteiger partial charge is 0.227 e. The van der Waals surface area contributed by atoms with Crippen molar-refractivity contribution in [3.63, 3.8) is 0 Å². The van der Waals surface area contributed by atoms with Crippen molar-refractivity contribution in [3.8, 4) is 6.07 Å². The van der Waals surface area contributed by atoms with E-state index in [-0.39, 0.29) is 6.17 Å². The molecule has 6 heterocycles. The van der Waals surface area contributed by atoms with Crippen LogP contribution in [0.4, 0.5) is 0 Å². The minimum Gasteiger partial charge on any atom is -0.384 e. The SMILES string of the molecule is Cc1ccc2c(c1)c1c(n2CCc2ccc(C)nc2)CCN(C(CC#N)[n+]2ccc(C(C)(O)Cn3c4c(c5ccc(C(C)C)cc53)CN(C)CC4)cc2)C1. The molecule has 0 spiro atoms. The van der Waals surface area contributed by atoms with Gasteiger partial charge in [-0.3, -0.25) is 4.98 Å². The van der Waals surface area contributed by atoms with Gasteiger partial charge in [0.15, 0.2) is 12.4 Å². The van der Waals surface area contributed by atoms with E-state index in [1.807, 2.05) is 20.0 Å². The molecule has 8 heteroatoms. The van der Waals surface area contributed by atoms with Crippen LogP contribution in [0.5, 0.6) is 0 Å². The maximum absolute atomic E-state index is 12.2. The van der Waals surface area contributed by atoms with Crippen LogP contribution in [0.1, 0.15) is 89.7 Å². The maximum Gasteiger partial charge on any atom is 0.227 e. The number of nitriles is 1. The van der Waals surface area contributed by atoms with Crippen LogP contribution in [0.25, 0.3) is 21.8 Å². The molecule has 0 amide bonds. The molecule has 0 radical (unpaired) electrons. The van der Waals surface area contributed by atoms with Crippen molar-refractivity contribution in [1.82, 2.24) is 23.9 Å². The highest BCUT2D eigenvalue weighted by Crippen LogP contribution is 2.37. The molecule has 8 rings (SSSR count). The summed E-state index contributed by atoms with van der Waals surface area (Å²) in [5.41, 5.74) is 12.7. The lowest BCUT2D eigenvalue weighted by Crippen LogP contribution is -2.50. The summed E-state index contributed by atoms with van der Waals surface area (Å²) in [6.45, 7) is 15.6. The van der Waals surface area contributed by atoms with Crippen LogP contribution in [0.15, 0.2) is 79.3 Å². The molecular formula is C46H54N7O+. The standard InChI is InChI=1S/C46H54N7O/c1-31(2)35-10-11-37-39-28-49(6)20-17-43(39)53(44(37)26-35)30-46(5,54)36-15-21-50(22-16-36)45(13-19-47)51-23-18-42-40(29-51)38-25-32(3)7-12-41(38)52(42)24-14-34-9-8-33(4)48-27-34/h7-12,15-16,21-22,25-27,31,45,54H,13-14,17-18,20,23-24,28-30H2,1-6H3/q+1. The minimum absolute atomic E-state index is 0.115. The molecule has 0 saturated heterocycles. The molecule has 54 heavy (non-hydrogen) atoms. The molecule has 0 fully saturated rings. The molecule has 6 aromatic rings. The molecule has 0 saturated carbocycles. The highest BCUT2D eigenvalue weighted by atomic mass is 16.3. The average Bonchev–Trinajstić information content (AvgIpc) is 3.63. The summed E-state index contributed by atoms with van der Waals surface area (Å²) in [5, 5.41) is 24.9. The Morgan fingerprint density at radius 3 is 2.39 bits per heavy atom. The van der Waals surface area contributed by atoms with Crippen molar-refractivity contribution < 1.29 is 9.67 Å². The largest absolute Gasteiger partial charge is 0.384 e. The monoisotopic (exact) mass is 720 g/mol. The average molecular weight is 721 g/mol. The van der Waals surface area contributed by atoms with Crippen LogP contribution in [0, 0.1) is 25.2 Å². The van der Waals surface area contributed by atoms with E-state index in [2.05, 4.69) is 135 Å². The van der Waals surface area contributed by atoms with Crippen LogP contribution in [-0.2, 0) is 51.0 Å². The molecule has 0 bridgehead atoms. The van der Waals surface area contributed by atoms with Crippen LogP contribution in [0.3, 0.4) is 0 Å². The van der Waals surface area contributed by atoms with Gasteiger partial charge in [-0.05, 0) is 92.2 Å². The lowest BCUT2D eigenvalue weighted by atomic mass is 9.96. The predicted molar refractivity (Wildman–Crippen MR) is 215 cm³/mol. The highest BCUT2D eigenvalue weighted by Gasteiger charge is 2.34. The van der Waals surface area contributed by atoms with E-state index in [1.54, 1.807) is 0 Å². The number of fused-ring (bicyclic) bond motifs is 6. The zero-order valence-electron chi connectivity index (χ0n) is 32.8. The van der Waals surface area contributed by atoms with Crippen molar-refractivity contribution in [3.05, 3.63) is 130 Å². The summed E-state index contributed by atoms with van der Waals surface area (Å²) in [6, 6.07) is 24.6. The number of likely N-dealkylation sites (N-methyl/N-ethyl adjacent to an activating group) is 1. The number of pyridine rings is 2. The second-order valence-corrected chi connectivity index (χ2v) is 16.5. The summed E-state index contributed by atoms with van der Waals surface area (Å²) >= 11 is 0. The number of aryl methyl sites for hydroxylation is 4. The fourth-order valence-electron chi connectivity index (χ4n) is 9.02. The Bertz CT molecular complexity index is 2360.